The molecule has 2 amide bonds. The van der Waals surface area contributed by atoms with Crippen LogP contribution in [-0.4, -0.2) is 50.9 Å². The Kier molecular flexibility index (Phi) is 11.1. The number of halogens is 1. The fourth-order valence-corrected chi connectivity index (χ4v) is 7.12. The second-order valence-electron chi connectivity index (χ2n) is 10.9. The highest BCUT2D eigenvalue weighted by atomic mass is 35.5. The Hall–Kier alpha value is -3.56. The first-order valence-corrected chi connectivity index (χ1v) is 16.5. The van der Waals surface area contributed by atoms with E-state index < -0.39 is 28.5 Å². The van der Waals surface area contributed by atoms with E-state index in [1.54, 1.807) is 55.6 Å². The Morgan fingerprint density at radius 3 is 2.23 bits per heavy atom. The Morgan fingerprint density at radius 2 is 1.63 bits per heavy atom. The molecule has 43 heavy (non-hydrogen) atoms. The normalized spacial score (nSPS) is 14.5. The predicted octanol–water partition coefficient (Wildman–Crippen LogP) is 6.11. The van der Waals surface area contributed by atoms with E-state index in [1.807, 2.05) is 26.0 Å². The summed E-state index contributed by atoms with van der Waals surface area (Å²) in [5, 5.41) is 3.35. The maximum absolute atomic E-state index is 14.3. The average Bonchev–Trinajstić information content (AvgIpc) is 3.01. The van der Waals surface area contributed by atoms with Crippen molar-refractivity contribution in [2.75, 3.05) is 18.0 Å². The molecule has 0 aliphatic heterocycles. The smallest absolute Gasteiger partial charge is 0.264 e. The van der Waals surface area contributed by atoms with Crippen molar-refractivity contribution in [1.82, 2.24) is 10.2 Å². The number of anilines is 1. The zero-order chi connectivity index (χ0) is 31.0. The van der Waals surface area contributed by atoms with Crippen molar-refractivity contribution in [1.29, 1.82) is 0 Å². The van der Waals surface area contributed by atoms with Crippen LogP contribution < -0.4 is 14.4 Å². The lowest BCUT2D eigenvalue weighted by molar-refractivity contribution is -0.140. The topological polar surface area (TPSA) is 96.0 Å². The lowest BCUT2D eigenvalue weighted by Gasteiger charge is -2.34. The fraction of sp³-hybridized carbons (Fsp3) is 0.394. The highest BCUT2D eigenvalue weighted by Crippen LogP contribution is 2.31. The number of sulfonamides is 1. The van der Waals surface area contributed by atoms with Gasteiger partial charge in [0, 0.05) is 12.6 Å². The number of methoxy groups -OCH3 is 1. The minimum absolute atomic E-state index is 0.0367. The number of carbonyl (C=O) groups excluding carboxylic acids is 2. The summed E-state index contributed by atoms with van der Waals surface area (Å²) < 4.78 is 34.4. The number of benzene rings is 3. The van der Waals surface area contributed by atoms with Crippen LogP contribution in [0.25, 0.3) is 0 Å². The predicted molar refractivity (Wildman–Crippen MR) is 170 cm³/mol. The molecule has 0 heterocycles. The summed E-state index contributed by atoms with van der Waals surface area (Å²) in [5.41, 5.74) is 1.87. The zero-order valence-corrected chi connectivity index (χ0v) is 26.5. The average molecular weight is 626 g/mol. The molecule has 4 rings (SSSR count). The third kappa shape index (κ3) is 8.09. The molecule has 1 aliphatic carbocycles. The van der Waals surface area contributed by atoms with Gasteiger partial charge in [-0.2, -0.15) is 0 Å². The Labute approximate surface area is 260 Å². The van der Waals surface area contributed by atoms with E-state index in [0.717, 1.165) is 47.5 Å². The van der Waals surface area contributed by atoms with Crippen LogP contribution in [0.5, 0.6) is 5.75 Å². The SMILES string of the molecule is CCC(C(=O)NC1CCCCC1)N(Cc1ccc(OC)cc1)C(=O)CN(c1ccccc1Cl)S(=O)(=O)c1ccc(C)cc1. The van der Waals surface area contributed by atoms with Crippen molar-refractivity contribution in [3.05, 3.63) is 88.9 Å². The molecule has 3 aromatic carbocycles. The largest absolute Gasteiger partial charge is 0.497 e. The van der Waals surface area contributed by atoms with Gasteiger partial charge in [-0.05, 0) is 68.1 Å². The molecule has 1 aliphatic rings. The quantitative estimate of drug-likeness (QED) is 0.262. The minimum atomic E-state index is -4.19. The molecule has 1 fully saturated rings. The first-order chi connectivity index (χ1) is 20.6. The molecule has 1 N–H and O–H groups in total. The lowest BCUT2D eigenvalue weighted by atomic mass is 9.95. The number of hydrogen-bond acceptors (Lipinski definition) is 5. The van der Waals surface area contributed by atoms with Crippen LogP contribution in [0.3, 0.4) is 0 Å². The van der Waals surface area contributed by atoms with Crippen molar-refractivity contribution in [2.45, 2.75) is 75.9 Å². The number of nitrogens with zero attached hydrogens (tertiary/aromatic N) is 2. The van der Waals surface area contributed by atoms with Gasteiger partial charge >= 0.3 is 0 Å². The summed E-state index contributed by atoms with van der Waals surface area (Å²) in [6.45, 7) is 3.30. The van der Waals surface area contributed by atoms with E-state index in [-0.39, 0.29) is 34.1 Å². The van der Waals surface area contributed by atoms with E-state index in [9.17, 15) is 18.0 Å². The first kappa shape index (κ1) is 32.4. The number of nitrogens with one attached hydrogen (secondary N) is 1. The Bertz CT molecular complexity index is 1490. The van der Waals surface area contributed by atoms with Gasteiger partial charge in [0.15, 0.2) is 0 Å². The fourth-order valence-electron chi connectivity index (χ4n) is 5.40. The maximum atomic E-state index is 14.3. The summed E-state index contributed by atoms with van der Waals surface area (Å²) in [6.07, 6.45) is 5.43. The number of carbonyl (C=O) groups is 2. The molecule has 0 radical (unpaired) electrons. The van der Waals surface area contributed by atoms with E-state index in [0.29, 0.717) is 12.2 Å². The summed E-state index contributed by atoms with van der Waals surface area (Å²) in [6, 6.07) is 19.5. The number of rotatable bonds is 12. The van der Waals surface area contributed by atoms with Crippen LogP contribution in [0.4, 0.5) is 5.69 Å². The van der Waals surface area contributed by atoms with Crippen LogP contribution >= 0.6 is 11.6 Å². The third-order valence-electron chi connectivity index (χ3n) is 7.86. The number of ether oxygens (including phenoxy) is 1. The van der Waals surface area contributed by atoms with E-state index in [2.05, 4.69) is 5.32 Å². The molecule has 8 nitrogen and oxygen atoms in total. The molecule has 0 bridgehead atoms. The Balaban J connectivity index is 1.71. The van der Waals surface area contributed by atoms with Crippen molar-refractivity contribution in [3.8, 4) is 5.75 Å². The monoisotopic (exact) mass is 625 g/mol. The van der Waals surface area contributed by atoms with Gasteiger partial charge in [0.2, 0.25) is 11.8 Å². The standard InChI is InChI=1S/C33H40ClN3O5S/c1-4-30(33(39)35-26-10-6-5-7-11-26)36(22-25-16-18-27(42-3)19-17-25)32(38)23-37(31-13-9-8-12-29(31)34)43(40,41)28-20-14-24(2)15-21-28/h8-9,12-21,26,30H,4-7,10-11,22-23H2,1-3H3,(H,35,39). The molecule has 10 heteroatoms. The van der Waals surface area contributed by atoms with Crippen LogP contribution in [0.1, 0.15) is 56.6 Å². The molecule has 0 aromatic heterocycles. The van der Waals surface area contributed by atoms with Crippen LogP contribution in [0, 0.1) is 6.92 Å². The van der Waals surface area contributed by atoms with Crippen molar-refractivity contribution in [3.63, 3.8) is 0 Å². The Morgan fingerprint density at radius 1 is 0.977 bits per heavy atom. The van der Waals surface area contributed by atoms with Crippen molar-refractivity contribution < 1.29 is 22.7 Å². The van der Waals surface area contributed by atoms with Gasteiger partial charge in [0.25, 0.3) is 10.0 Å². The van der Waals surface area contributed by atoms with E-state index in [4.69, 9.17) is 16.3 Å². The second kappa shape index (κ2) is 14.8. The summed E-state index contributed by atoms with van der Waals surface area (Å²) >= 11 is 6.50. The molecular formula is C33H40ClN3O5S. The van der Waals surface area contributed by atoms with Gasteiger partial charge in [-0.25, -0.2) is 8.42 Å². The van der Waals surface area contributed by atoms with Gasteiger partial charge < -0.3 is 15.0 Å². The molecule has 0 saturated heterocycles. The lowest BCUT2D eigenvalue weighted by Crippen LogP contribution is -2.54. The van der Waals surface area contributed by atoms with Crippen LogP contribution in [0.15, 0.2) is 77.7 Å². The molecular weight excluding hydrogens is 586 g/mol. The minimum Gasteiger partial charge on any atom is -0.497 e. The number of aryl methyl sites for hydroxylation is 1. The van der Waals surface area contributed by atoms with Crippen LogP contribution in [0.2, 0.25) is 5.02 Å². The maximum Gasteiger partial charge on any atom is 0.264 e. The van der Waals surface area contributed by atoms with Gasteiger partial charge in [-0.15, -0.1) is 0 Å². The van der Waals surface area contributed by atoms with Crippen molar-refractivity contribution in [2.24, 2.45) is 0 Å². The van der Waals surface area contributed by atoms with Gasteiger partial charge in [-0.3, -0.25) is 13.9 Å². The number of hydrogen-bond donors (Lipinski definition) is 1. The molecule has 3 aromatic rings. The van der Waals surface area contributed by atoms with Gasteiger partial charge in [0.1, 0.15) is 18.3 Å². The number of amides is 2. The zero-order valence-electron chi connectivity index (χ0n) is 25.0. The molecule has 230 valence electrons. The molecule has 1 unspecified atom stereocenters. The summed E-state index contributed by atoms with van der Waals surface area (Å²) in [7, 11) is -2.62. The number of para-hydroxylation sites is 1. The molecule has 1 atom stereocenters. The second-order valence-corrected chi connectivity index (χ2v) is 13.2. The summed E-state index contributed by atoms with van der Waals surface area (Å²) in [5.74, 6) is -0.0863. The molecule has 0 spiro atoms. The molecule has 1 saturated carbocycles. The first-order valence-electron chi connectivity index (χ1n) is 14.7. The van der Waals surface area contributed by atoms with E-state index in [1.165, 1.54) is 17.0 Å². The van der Waals surface area contributed by atoms with Gasteiger partial charge in [-0.1, -0.05) is 79.7 Å². The third-order valence-corrected chi connectivity index (χ3v) is 9.95. The van der Waals surface area contributed by atoms with Crippen LogP contribution in [-0.2, 0) is 26.2 Å². The van der Waals surface area contributed by atoms with Gasteiger partial charge in [0.05, 0.1) is 22.7 Å². The highest BCUT2D eigenvalue weighted by molar-refractivity contribution is 7.92. The summed E-state index contributed by atoms with van der Waals surface area (Å²) in [4.78, 5) is 29.4. The van der Waals surface area contributed by atoms with Crippen molar-refractivity contribution >= 4 is 39.1 Å². The highest BCUT2D eigenvalue weighted by Gasteiger charge is 2.35. The van der Waals surface area contributed by atoms with E-state index >= 15 is 0 Å².